The summed E-state index contributed by atoms with van der Waals surface area (Å²) in [6, 6.07) is 28.0. The Labute approximate surface area is 230 Å². The number of carbonyl (C=O) groups excluding carboxylic acids is 1. The maximum Gasteiger partial charge on any atom is 0.257 e. The molecule has 0 spiro atoms. The molecule has 8 heteroatoms. The number of oxazole rings is 1. The summed E-state index contributed by atoms with van der Waals surface area (Å²) in [5, 5.41) is 6.24. The third-order valence-electron chi connectivity index (χ3n) is 5.89. The molecule has 0 radical (unpaired) electrons. The molecule has 0 atom stereocenters. The number of benzene rings is 4. The van der Waals surface area contributed by atoms with Crippen molar-refractivity contribution in [2.75, 3.05) is 5.32 Å². The van der Waals surface area contributed by atoms with E-state index in [0.29, 0.717) is 40.1 Å². The molecule has 0 saturated carbocycles. The number of rotatable bonds is 7. The summed E-state index contributed by atoms with van der Waals surface area (Å²) in [4.78, 5) is 17.5. The lowest BCUT2D eigenvalue weighted by atomic mass is 10.1. The van der Waals surface area contributed by atoms with Crippen molar-refractivity contribution in [2.24, 2.45) is 0 Å². The number of carbonyl (C=O) groups is 1. The van der Waals surface area contributed by atoms with E-state index in [9.17, 15) is 4.79 Å². The molecular weight excluding hydrogens is 518 g/mol. The molecule has 2 N–H and O–H groups in total. The Balaban J connectivity index is 1.25. The first-order valence-corrected chi connectivity index (χ1v) is 12.9. The van der Waals surface area contributed by atoms with Crippen molar-refractivity contribution in [2.45, 2.75) is 20.0 Å². The number of nitrogens with zero attached hydrogens (tertiary/aromatic N) is 1. The summed E-state index contributed by atoms with van der Waals surface area (Å²) >= 11 is 11.8. The molecular formula is C30H24ClN3O3S. The topological polar surface area (TPSA) is 76.4 Å². The average Bonchev–Trinajstić information content (AvgIpc) is 3.37. The van der Waals surface area contributed by atoms with Gasteiger partial charge in [-0.05, 0) is 78.3 Å². The number of hydrogen-bond acceptors (Lipinski definition) is 5. The molecule has 1 aromatic heterocycles. The SMILES string of the molecule is CCc1ccc2oc(-c3ccc(Cl)c(NC(=S)NC(=O)c4cccc(OCc5ccccc5)c4)c3)nc2c1. The molecule has 5 rings (SSSR count). The van der Waals surface area contributed by atoms with Crippen molar-refractivity contribution in [3.05, 3.63) is 113 Å². The smallest absolute Gasteiger partial charge is 0.257 e. The van der Waals surface area contributed by atoms with Crippen LogP contribution in [0.2, 0.25) is 5.02 Å². The van der Waals surface area contributed by atoms with E-state index in [0.717, 1.165) is 23.1 Å². The highest BCUT2D eigenvalue weighted by Crippen LogP contribution is 2.31. The van der Waals surface area contributed by atoms with Crippen LogP contribution < -0.4 is 15.4 Å². The van der Waals surface area contributed by atoms with Gasteiger partial charge in [-0.3, -0.25) is 10.1 Å². The lowest BCUT2D eigenvalue weighted by Gasteiger charge is -2.12. The van der Waals surface area contributed by atoms with Crippen LogP contribution in [0.5, 0.6) is 5.75 Å². The number of halogens is 1. The lowest BCUT2D eigenvalue weighted by Crippen LogP contribution is -2.34. The van der Waals surface area contributed by atoms with Gasteiger partial charge in [-0.15, -0.1) is 0 Å². The fourth-order valence-electron chi connectivity index (χ4n) is 3.87. The van der Waals surface area contributed by atoms with Gasteiger partial charge in [-0.2, -0.15) is 0 Å². The molecule has 0 saturated heterocycles. The quantitative estimate of drug-likeness (QED) is 0.209. The molecule has 6 nitrogen and oxygen atoms in total. The number of aryl methyl sites for hydroxylation is 1. The molecule has 0 aliphatic rings. The van der Waals surface area contributed by atoms with Crippen molar-refractivity contribution in [1.82, 2.24) is 10.3 Å². The second-order valence-corrected chi connectivity index (χ2v) is 9.40. The highest BCUT2D eigenvalue weighted by atomic mass is 35.5. The second-order valence-electron chi connectivity index (χ2n) is 8.58. The van der Waals surface area contributed by atoms with E-state index in [1.54, 1.807) is 36.4 Å². The summed E-state index contributed by atoms with van der Waals surface area (Å²) < 4.78 is 11.8. The van der Waals surface area contributed by atoms with Gasteiger partial charge < -0.3 is 14.5 Å². The normalized spacial score (nSPS) is 10.8. The number of amides is 1. The van der Waals surface area contributed by atoms with Gasteiger partial charge in [0.2, 0.25) is 5.89 Å². The molecule has 1 heterocycles. The highest BCUT2D eigenvalue weighted by Gasteiger charge is 2.14. The number of thiocarbonyl (C=S) groups is 1. The Morgan fingerprint density at radius 3 is 2.63 bits per heavy atom. The first-order chi connectivity index (χ1) is 18.5. The van der Waals surface area contributed by atoms with Crippen LogP contribution in [0.25, 0.3) is 22.6 Å². The van der Waals surface area contributed by atoms with Gasteiger partial charge in [-0.25, -0.2) is 4.98 Å². The minimum atomic E-state index is -0.370. The maximum absolute atomic E-state index is 12.8. The molecule has 190 valence electrons. The van der Waals surface area contributed by atoms with Crippen molar-refractivity contribution < 1.29 is 13.9 Å². The first kappa shape index (κ1) is 25.4. The number of aromatic nitrogens is 1. The predicted molar refractivity (Wildman–Crippen MR) is 155 cm³/mol. The molecule has 5 aromatic rings. The van der Waals surface area contributed by atoms with E-state index in [2.05, 4.69) is 22.5 Å². The van der Waals surface area contributed by atoms with Gasteiger partial charge in [0.05, 0.1) is 10.7 Å². The van der Waals surface area contributed by atoms with Crippen LogP contribution in [-0.2, 0) is 13.0 Å². The van der Waals surface area contributed by atoms with E-state index in [1.165, 1.54) is 5.56 Å². The molecule has 0 bridgehead atoms. The lowest BCUT2D eigenvalue weighted by molar-refractivity contribution is 0.0977. The zero-order chi connectivity index (χ0) is 26.5. The minimum absolute atomic E-state index is 0.106. The van der Waals surface area contributed by atoms with Crippen molar-refractivity contribution >= 4 is 51.6 Å². The summed E-state index contributed by atoms with van der Waals surface area (Å²) in [5.74, 6) is 0.682. The predicted octanol–water partition coefficient (Wildman–Crippen LogP) is 7.42. The Morgan fingerprint density at radius 1 is 0.974 bits per heavy atom. The summed E-state index contributed by atoms with van der Waals surface area (Å²) in [6.45, 7) is 2.50. The molecule has 4 aromatic carbocycles. The molecule has 1 amide bonds. The van der Waals surface area contributed by atoms with Gasteiger partial charge in [0, 0.05) is 11.1 Å². The van der Waals surface area contributed by atoms with Crippen LogP contribution in [0.4, 0.5) is 5.69 Å². The average molecular weight is 542 g/mol. The number of fused-ring (bicyclic) bond motifs is 1. The van der Waals surface area contributed by atoms with Gasteiger partial charge in [0.1, 0.15) is 17.9 Å². The Bertz CT molecular complexity index is 1620. The van der Waals surface area contributed by atoms with E-state index in [1.807, 2.05) is 54.6 Å². The van der Waals surface area contributed by atoms with Crippen LogP contribution in [-0.4, -0.2) is 16.0 Å². The van der Waals surface area contributed by atoms with E-state index in [-0.39, 0.29) is 11.0 Å². The van der Waals surface area contributed by atoms with Gasteiger partial charge >= 0.3 is 0 Å². The summed E-state index contributed by atoms with van der Waals surface area (Å²) in [7, 11) is 0. The van der Waals surface area contributed by atoms with Crippen molar-refractivity contribution in [3.63, 3.8) is 0 Å². The number of hydrogen-bond donors (Lipinski definition) is 2. The Morgan fingerprint density at radius 2 is 1.82 bits per heavy atom. The molecule has 0 aliphatic heterocycles. The van der Waals surface area contributed by atoms with Crippen LogP contribution >= 0.6 is 23.8 Å². The highest BCUT2D eigenvalue weighted by molar-refractivity contribution is 7.80. The fraction of sp³-hybridized carbons (Fsp3) is 0.100. The molecule has 0 fully saturated rings. The van der Waals surface area contributed by atoms with E-state index >= 15 is 0 Å². The molecule has 38 heavy (non-hydrogen) atoms. The van der Waals surface area contributed by atoms with Gasteiger partial charge in [0.25, 0.3) is 5.91 Å². The Hall–Kier alpha value is -4.20. The summed E-state index contributed by atoms with van der Waals surface area (Å²) in [6.07, 6.45) is 0.918. The summed E-state index contributed by atoms with van der Waals surface area (Å²) in [5.41, 5.74) is 5.38. The zero-order valence-electron chi connectivity index (χ0n) is 20.5. The Kier molecular flexibility index (Phi) is 7.67. The second kappa shape index (κ2) is 11.5. The zero-order valence-corrected chi connectivity index (χ0v) is 22.1. The van der Waals surface area contributed by atoms with Crippen LogP contribution in [0.3, 0.4) is 0 Å². The van der Waals surface area contributed by atoms with Crippen LogP contribution in [0.15, 0.2) is 95.4 Å². The van der Waals surface area contributed by atoms with Crippen LogP contribution in [0, 0.1) is 0 Å². The maximum atomic E-state index is 12.8. The number of anilines is 1. The fourth-order valence-corrected chi connectivity index (χ4v) is 4.23. The van der Waals surface area contributed by atoms with Gasteiger partial charge in [0.15, 0.2) is 10.7 Å². The molecule has 0 unspecified atom stereocenters. The minimum Gasteiger partial charge on any atom is -0.489 e. The number of nitrogens with one attached hydrogen (secondary N) is 2. The largest absolute Gasteiger partial charge is 0.489 e. The van der Waals surface area contributed by atoms with E-state index < -0.39 is 0 Å². The number of ether oxygens (including phenoxy) is 1. The third-order valence-corrected chi connectivity index (χ3v) is 6.43. The monoisotopic (exact) mass is 541 g/mol. The van der Waals surface area contributed by atoms with Crippen LogP contribution in [0.1, 0.15) is 28.4 Å². The van der Waals surface area contributed by atoms with E-state index in [4.69, 9.17) is 33.0 Å². The first-order valence-electron chi connectivity index (χ1n) is 12.1. The standard InChI is InChI=1S/C30H24ClN3O3S/c1-2-19-11-14-27-26(15-19)32-29(37-27)22-12-13-24(31)25(17-22)33-30(38)34-28(35)21-9-6-10-23(16-21)36-18-20-7-4-3-5-8-20/h3-17H,2,18H2,1H3,(H2,33,34,35,38). The van der Waals surface area contributed by atoms with Crippen molar-refractivity contribution in [3.8, 4) is 17.2 Å². The van der Waals surface area contributed by atoms with Gasteiger partial charge in [-0.1, -0.05) is 61.0 Å². The van der Waals surface area contributed by atoms with Crippen molar-refractivity contribution in [1.29, 1.82) is 0 Å². The third kappa shape index (κ3) is 6.02. The molecule has 0 aliphatic carbocycles.